The third-order valence-corrected chi connectivity index (χ3v) is 4.93. The summed E-state index contributed by atoms with van der Waals surface area (Å²) >= 11 is 1.04. The lowest BCUT2D eigenvalue weighted by molar-refractivity contribution is -0.137. The number of halogens is 5. The number of carbonyl (C=O) groups excluding carboxylic acids is 1. The first-order valence-corrected chi connectivity index (χ1v) is 8.85. The molecule has 2 aromatic carbocycles. The van der Waals surface area contributed by atoms with E-state index < -0.39 is 34.8 Å². The third-order valence-electron chi connectivity index (χ3n) is 3.85. The van der Waals surface area contributed by atoms with Crippen LogP contribution in [0.1, 0.15) is 21.5 Å². The van der Waals surface area contributed by atoms with E-state index in [1.165, 1.54) is 12.1 Å². The molecule has 27 heavy (non-hydrogen) atoms. The van der Waals surface area contributed by atoms with Crippen LogP contribution >= 0.6 is 11.8 Å². The Morgan fingerprint density at radius 2 is 1.78 bits per heavy atom. The quantitative estimate of drug-likeness (QED) is 0.698. The number of alkyl halides is 3. The number of carbonyl (C=O) groups is 1. The summed E-state index contributed by atoms with van der Waals surface area (Å²) in [6.45, 7) is 0.407. The van der Waals surface area contributed by atoms with E-state index in [2.05, 4.69) is 4.99 Å². The van der Waals surface area contributed by atoms with E-state index in [9.17, 15) is 26.7 Å². The van der Waals surface area contributed by atoms with Crippen LogP contribution in [0.4, 0.5) is 22.0 Å². The molecule has 3 nitrogen and oxygen atoms in total. The number of amidine groups is 1. The molecule has 0 spiro atoms. The molecule has 0 fully saturated rings. The van der Waals surface area contributed by atoms with Crippen LogP contribution in [0.3, 0.4) is 0 Å². The summed E-state index contributed by atoms with van der Waals surface area (Å²) in [6.07, 6.45) is -4.45. The average Bonchev–Trinajstić information content (AvgIpc) is 3.08. The van der Waals surface area contributed by atoms with Crippen LogP contribution in [0.5, 0.6) is 0 Å². The van der Waals surface area contributed by atoms with Crippen molar-refractivity contribution in [2.45, 2.75) is 11.9 Å². The van der Waals surface area contributed by atoms with Gasteiger partial charge in [-0.25, -0.2) is 8.78 Å². The molecule has 1 aliphatic heterocycles. The molecule has 0 atom stereocenters. The van der Waals surface area contributed by atoms with E-state index in [0.717, 1.165) is 47.0 Å². The topological polar surface area (TPSA) is 32.7 Å². The Labute approximate surface area is 155 Å². The summed E-state index contributed by atoms with van der Waals surface area (Å²) in [5, 5.41) is 0.222. The van der Waals surface area contributed by atoms with Gasteiger partial charge >= 0.3 is 6.18 Å². The molecule has 3 rings (SSSR count). The maximum atomic E-state index is 13.8. The summed E-state index contributed by atoms with van der Waals surface area (Å²) in [7, 11) is 0. The normalized spacial score (nSPS) is 14.4. The second-order valence-electron chi connectivity index (χ2n) is 5.70. The van der Waals surface area contributed by atoms with Crippen LogP contribution in [0.2, 0.25) is 0 Å². The van der Waals surface area contributed by atoms with E-state index in [1.807, 2.05) is 0 Å². The highest BCUT2D eigenvalue weighted by Gasteiger charge is 2.31. The number of aliphatic imine (C=N–C) groups is 1. The van der Waals surface area contributed by atoms with E-state index in [1.54, 1.807) is 0 Å². The molecule has 0 unspecified atom stereocenters. The molecule has 0 N–H and O–H groups in total. The second-order valence-corrected chi connectivity index (χ2v) is 6.65. The predicted molar refractivity (Wildman–Crippen MR) is 92.4 cm³/mol. The van der Waals surface area contributed by atoms with Crippen molar-refractivity contribution >= 4 is 22.8 Å². The first kappa shape index (κ1) is 19.3. The Kier molecular flexibility index (Phi) is 5.50. The molecular weight excluding hydrogens is 387 g/mol. The van der Waals surface area contributed by atoms with Crippen LogP contribution < -0.4 is 0 Å². The summed E-state index contributed by atoms with van der Waals surface area (Å²) < 4.78 is 66.1. The van der Waals surface area contributed by atoms with Crippen molar-refractivity contribution in [2.75, 3.05) is 13.1 Å². The fourth-order valence-corrected chi connectivity index (χ4v) is 3.55. The zero-order chi connectivity index (χ0) is 19.6. The average molecular weight is 400 g/mol. The van der Waals surface area contributed by atoms with Crippen molar-refractivity contribution in [3.8, 4) is 0 Å². The molecule has 1 heterocycles. The molecule has 1 amide bonds. The fraction of sp³-hybridized carbons (Fsp3) is 0.222. The molecule has 0 saturated heterocycles. The minimum atomic E-state index is -4.45. The van der Waals surface area contributed by atoms with Gasteiger partial charge in [0.2, 0.25) is 0 Å². The number of benzene rings is 2. The van der Waals surface area contributed by atoms with Crippen molar-refractivity contribution < 1.29 is 26.7 Å². The summed E-state index contributed by atoms with van der Waals surface area (Å²) in [5.74, 6) is -2.69. The van der Waals surface area contributed by atoms with Crippen molar-refractivity contribution in [3.63, 3.8) is 0 Å². The summed E-state index contributed by atoms with van der Waals surface area (Å²) in [6, 6.07) is 7.94. The van der Waals surface area contributed by atoms with Crippen molar-refractivity contribution in [1.29, 1.82) is 0 Å². The van der Waals surface area contributed by atoms with Gasteiger partial charge in [0, 0.05) is 12.3 Å². The molecule has 0 saturated carbocycles. The lowest BCUT2D eigenvalue weighted by Crippen LogP contribution is -2.34. The molecule has 0 aliphatic carbocycles. The number of nitrogens with zero attached hydrogens (tertiary/aromatic N) is 2. The first-order valence-electron chi connectivity index (χ1n) is 7.86. The van der Waals surface area contributed by atoms with Gasteiger partial charge in [0.1, 0.15) is 17.2 Å². The number of thioether (sulfide) groups is 1. The SMILES string of the molecule is O=C(c1c(F)cccc1F)N1CCN=C1SCc1cccc(C(F)(F)F)c1. The van der Waals surface area contributed by atoms with Gasteiger partial charge in [-0.1, -0.05) is 36.0 Å². The Bertz CT molecular complexity index is 877. The van der Waals surface area contributed by atoms with Crippen molar-refractivity contribution in [3.05, 3.63) is 70.8 Å². The predicted octanol–water partition coefficient (Wildman–Crippen LogP) is 4.73. The zero-order valence-electron chi connectivity index (χ0n) is 13.8. The molecule has 0 radical (unpaired) electrons. The van der Waals surface area contributed by atoms with Gasteiger partial charge in [-0.15, -0.1) is 0 Å². The largest absolute Gasteiger partial charge is 0.416 e. The zero-order valence-corrected chi connectivity index (χ0v) is 14.6. The smallest absolute Gasteiger partial charge is 0.285 e. The molecule has 1 aliphatic rings. The standard InChI is InChI=1S/C18H13F5N2OS/c19-13-5-2-6-14(20)15(13)16(26)25-8-7-24-17(25)27-10-11-3-1-4-12(9-11)18(21,22)23/h1-6,9H,7-8,10H2. The minimum absolute atomic E-state index is 0.131. The van der Waals surface area contributed by atoms with Gasteiger partial charge in [0.25, 0.3) is 5.91 Å². The highest BCUT2D eigenvalue weighted by Crippen LogP contribution is 2.31. The highest BCUT2D eigenvalue weighted by molar-refractivity contribution is 8.13. The maximum Gasteiger partial charge on any atom is 0.416 e. The Morgan fingerprint density at radius 3 is 2.44 bits per heavy atom. The van der Waals surface area contributed by atoms with Crippen molar-refractivity contribution in [1.82, 2.24) is 4.90 Å². The molecular formula is C18H13F5N2OS. The minimum Gasteiger partial charge on any atom is -0.285 e. The van der Waals surface area contributed by atoms with E-state index >= 15 is 0 Å². The van der Waals surface area contributed by atoms with E-state index in [4.69, 9.17) is 0 Å². The van der Waals surface area contributed by atoms with Crippen molar-refractivity contribution in [2.24, 2.45) is 4.99 Å². The van der Waals surface area contributed by atoms with Crippen LogP contribution in [0, 0.1) is 11.6 Å². The lowest BCUT2D eigenvalue weighted by Gasteiger charge is -2.18. The molecule has 0 aromatic heterocycles. The van der Waals surface area contributed by atoms with Crippen LogP contribution in [0.15, 0.2) is 47.5 Å². The molecule has 9 heteroatoms. The number of rotatable bonds is 3. The number of amides is 1. The van der Waals surface area contributed by atoms with Gasteiger partial charge in [-0.3, -0.25) is 14.7 Å². The maximum absolute atomic E-state index is 13.8. The number of hydrogen-bond donors (Lipinski definition) is 0. The Hall–Kier alpha value is -2.42. The molecule has 0 bridgehead atoms. The molecule has 142 valence electrons. The van der Waals surface area contributed by atoms with Crippen LogP contribution in [-0.2, 0) is 11.9 Å². The van der Waals surface area contributed by atoms with E-state index in [0.29, 0.717) is 5.56 Å². The third kappa shape index (κ3) is 4.29. The lowest BCUT2D eigenvalue weighted by atomic mass is 10.1. The highest BCUT2D eigenvalue weighted by atomic mass is 32.2. The summed E-state index contributed by atoms with van der Waals surface area (Å²) in [5.41, 5.74) is -1.05. The van der Waals surface area contributed by atoms with E-state index in [-0.39, 0.29) is 24.0 Å². The van der Waals surface area contributed by atoms with Gasteiger partial charge < -0.3 is 0 Å². The Balaban J connectivity index is 1.73. The fourth-order valence-electron chi connectivity index (χ4n) is 2.56. The van der Waals surface area contributed by atoms with Gasteiger partial charge in [-0.05, 0) is 23.8 Å². The van der Waals surface area contributed by atoms with Gasteiger partial charge in [0.15, 0.2) is 5.17 Å². The van der Waals surface area contributed by atoms with Crippen LogP contribution in [-0.4, -0.2) is 29.1 Å². The second kappa shape index (κ2) is 7.67. The monoisotopic (exact) mass is 400 g/mol. The Morgan fingerprint density at radius 1 is 1.11 bits per heavy atom. The van der Waals surface area contributed by atoms with Crippen LogP contribution in [0.25, 0.3) is 0 Å². The molecule has 2 aromatic rings. The van der Waals surface area contributed by atoms with Gasteiger partial charge in [-0.2, -0.15) is 13.2 Å². The number of hydrogen-bond acceptors (Lipinski definition) is 3. The summed E-state index contributed by atoms with van der Waals surface area (Å²) in [4.78, 5) is 17.8. The first-order chi connectivity index (χ1) is 12.8. The van der Waals surface area contributed by atoms with Gasteiger partial charge in [0.05, 0.1) is 12.1 Å².